The van der Waals surface area contributed by atoms with Crippen LogP contribution in [0.25, 0.3) is 0 Å². The summed E-state index contributed by atoms with van der Waals surface area (Å²) < 4.78 is 22.7. The molecule has 0 aromatic rings. The number of esters is 2. The minimum Gasteiger partial charge on any atom is -0.477 e. The Morgan fingerprint density at radius 2 is 0.915 bits per heavy atom. The molecule has 1 N–H and O–H groups in total. The number of allylic oxidation sites excluding steroid dienone is 16. The number of carbonyl (C=O) groups is 3. The first-order valence-corrected chi connectivity index (χ1v) is 22.4. The smallest absolute Gasteiger partial charge is 0.361 e. The van der Waals surface area contributed by atoms with Crippen LogP contribution >= 0.6 is 0 Å². The minimum absolute atomic E-state index is 0.172. The number of quaternary nitrogens is 1. The van der Waals surface area contributed by atoms with Crippen LogP contribution in [0.2, 0.25) is 0 Å². The maximum absolute atomic E-state index is 12.8. The maximum atomic E-state index is 12.8. The molecule has 9 nitrogen and oxygen atoms in total. The molecule has 0 amide bonds. The van der Waals surface area contributed by atoms with Crippen LogP contribution < -0.4 is 0 Å². The van der Waals surface area contributed by atoms with Gasteiger partial charge in [-0.3, -0.25) is 9.59 Å². The molecule has 0 aliphatic rings. The molecule has 0 saturated heterocycles. The summed E-state index contributed by atoms with van der Waals surface area (Å²) >= 11 is 0. The van der Waals surface area contributed by atoms with Gasteiger partial charge < -0.3 is 28.5 Å². The van der Waals surface area contributed by atoms with Crippen LogP contribution in [0.4, 0.5) is 0 Å². The van der Waals surface area contributed by atoms with Gasteiger partial charge in [0.1, 0.15) is 13.2 Å². The van der Waals surface area contributed by atoms with Gasteiger partial charge in [-0.1, -0.05) is 137 Å². The third kappa shape index (κ3) is 42.1. The van der Waals surface area contributed by atoms with Gasteiger partial charge >= 0.3 is 17.9 Å². The van der Waals surface area contributed by atoms with Gasteiger partial charge in [0, 0.05) is 12.8 Å². The Morgan fingerprint density at radius 3 is 1.37 bits per heavy atom. The standard InChI is InChI=1S/C50H81NO8/c1-6-8-10-12-14-16-18-20-22-23-24-25-27-29-31-33-35-37-39-41-48(53)59-46(45-58-50(49(54)55)56-43-42-51(3,4)5)44-57-47(52)40-38-36-34-32-30-28-26-21-19-17-15-13-11-9-7-2/h8-11,14-17,20-22,24-26,29,31,46,50H,6-7,12-13,18-19,23,27-28,30,32-45H2,1-5H3/p+1/b10-8-,11-9-,16-14-,17-15-,22-20-,25-24-,26-21-,31-29-. The van der Waals surface area contributed by atoms with E-state index in [4.69, 9.17) is 18.9 Å². The fourth-order valence-corrected chi connectivity index (χ4v) is 5.40. The summed E-state index contributed by atoms with van der Waals surface area (Å²) in [5.41, 5.74) is 0. The number of hydrogen-bond donors (Lipinski definition) is 1. The summed E-state index contributed by atoms with van der Waals surface area (Å²) in [5, 5.41) is 9.64. The Balaban J connectivity index is 4.56. The van der Waals surface area contributed by atoms with Crippen molar-refractivity contribution in [3.63, 3.8) is 0 Å². The predicted molar refractivity (Wildman–Crippen MR) is 244 cm³/mol. The zero-order chi connectivity index (χ0) is 43.5. The maximum Gasteiger partial charge on any atom is 0.361 e. The van der Waals surface area contributed by atoms with Crippen molar-refractivity contribution >= 4 is 17.9 Å². The summed E-state index contributed by atoms with van der Waals surface area (Å²) in [5.74, 6) is -2.09. The third-order valence-corrected chi connectivity index (χ3v) is 8.84. The second-order valence-corrected chi connectivity index (χ2v) is 15.6. The average Bonchev–Trinajstić information content (AvgIpc) is 3.19. The Bertz CT molecular complexity index is 1280. The fraction of sp³-hybridized carbons (Fsp3) is 0.620. The molecule has 0 rings (SSSR count). The van der Waals surface area contributed by atoms with E-state index in [1.54, 1.807) is 0 Å². The highest BCUT2D eigenvalue weighted by molar-refractivity contribution is 5.71. The predicted octanol–water partition coefficient (Wildman–Crippen LogP) is 11.9. The van der Waals surface area contributed by atoms with Gasteiger partial charge in [0.15, 0.2) is 6.10 Å². The minimum atomic E-state index is -1.53. The van der Waals surface area contributed by atoms with Gasteiger partial charge in [0.05, 0.1) is 34.4 Å². The quantitative estimate of drug-likeness (QED) is 0.0215. The van der Waals surface area contributed by atoms with Crippen LogP contribution in [0.15, 0.2) is 97.2 Å². The zero-order valence-electron chi connectivity index (χ0n) is 37.6. The second kappa shape index (κ2) is 41.0. The summed E-state index contributed by atoms with van der Waals surface area (Å²) in [4.78, 5) is 37.1. The first-order chi connectivity index (χ1) is 28.6. The van der Waals surface area contributed by atoms with Gasteiger partial charge in [-0.25, -0.2) is 4.79 Å². The van der Waals surface area contributed by atoms with Gasteiger partial charge in [0.2, 0.25) is 0 Å². The van der Waals surface area contributed by atoms with Crippen LogP contribution in [0.5, 0.6) is 0 Å². The molecule has 334 valence electrons. The molecule has 9 heteroatoms. The number of rotatable bonds is 39. The van der Waals surface area contributed by atoms with Crippen molar-refractivity contribution in [2.45, 2.75) is 155 Å². The number of nitrogens with zero attached hydrogens (tertiary/aromatic N) is 1. The molecule has 0 aliphatic heterocycles. The van der Waals surface area contributed by atoms with Crippen molar-refractivity contribution in [1.29, 1.82) is 0 Å². The molecule has 0 bridgehead atoms. The van der Waals surface area contributed by atoms with Crippen LogP contribution in [0.3, 0.4) is 0 Å². The van der Waals surface area contributed by atoms with Gasteiger partial charge in [-0.05, 0) is 89.9 Å². The van der Waals surface area contributed by atoms with E-state index in [-0.39, 0.29) is 38.6 Å². The van der Waals surface area contributed by atoms with Crippen molar-refractivity contribution < 1.29 is 42.9 Å². The van der Waals surface area contributed by atoms with E-state index in [0.29, 0.717) is 23.9 Å². The van der Waals surface area contributed by atoms with E-state index in [2.05, 4.69) is 111 Å². The van der Waals surface area contributed by atoms with Gasteiger partial charge in [-0.15, -0.1) is 0 Å². The SMILES string of the molecule is CC/C=C\C/C=C\C/C=C\C/C=C\C/C=C\CCCCCC(=O)OC(COC(=O)CCCCCCC/C=C\C/C=C\C/C=C\CC)COC(OCC[N+](C)(C)C)C(=O)O. The molecule has 2 atom stereocenters. The van der Waals surface area contributed by atoms with Crippen LogP contribution in [0.1, 0.15) is 142 Å². The summed E-state index contributed by atoms with van der Waals surface area (Å²) in [6.45, 7) is 4.55. The van der Waals surface area contributed by atoms with Crippen molar-refractivity contribution in [3.8, 4) is 0 Å². The number of carbonyl (C=O) groups excluding carboxylic acids is 2. The Morgan fingerprint density at radius 1 is 0.508 bits per heavy atom. The number of hydrogen-bond acceptors (Lipinski definition) is 7. The second-order valence-electron chi connectivity index (χ2n) is 15.6. The number of carboxylic acid groups (broad SMARTS) is 1. The monoisotopic (exact) mass is 825 g/mol. The zero-order valence-corrected chi connectivity index (χ0v) is 37.6. The highest BCUT2D eigenvalue weighted by Crippen LogP contribution is 2.11. The molecule has 0 spiro atoms. The molecule has 2 unspecified atom stereocenters. The number of likely N-dealkylation sites (N-methyl/N-ethyl adjacent to an activating group) is 1. The lowest BCUT2D eigenvalue weighted by Gasteiger charge is -2.25. The Labute approximate surface area is 359 Å². The molecular formula is C50H82NO8+. The van der Waals surface area contributed by atoms with Crippen molar-refractivity contribution in [1.82, 2.24) is 0 Å². The summed E-state index contributed by atoms with van der Waals surface area (Å²) in [6, 6.07) is 0. The molecule has 0 fully saturated rings. The molecule has 0 heterocycles. The topological polar surface area (TPSA) is 108 Å². The van der Waals surface area contributed by atoms with Gasteiger partial charge in [0.25, 0.3) is 6.29 Å². The van der Waals surface area contributed by atoms with E-state index >= 15 is 0 Å². The number of aliphatic carboxylic acids is 1. The largest absolute Gasteiger partial charge is 0.477 e. The molecule has 0 aromatic carbocycles. The number of unbranched alkanes of at least 4 members (excludes halogenated alkanes) is 8. The van der Waals surface area contributed by atoms with E-state index in [9.17, 15) is 19.5 Å². The highest BCUT2D eigenvalue weighted by atomic mass is 16.7. The van der Waals surface area contributed by atoms with E-state index < -0.39 is 24.3 Å². The Hall–Kier alpha value is -3.79. The molecule has 59 heavy (non-hydrogen) atoms. The van der Waals surface area contributed by atoms with Crippen LogP contribution in [-0.4, -0.2) is 87.4 Å². The van der Waals surface area contributed by atoms with E-state index in [1.165, 1.54) is 0 Å². The molecule has 0 saturated carbocycles. The molecule has 0 aliphatic carbocycles. The van der Waals surface area contributed by atoms with Crippen LogP contribution in [-0.2, 0) is 33.3 Å². The fourth-order valence-electron chi connectivity index (χ4n) is 5.40. The average molecular weight is 825 g/mol. The number of carboxylic acids is 1. The van der Waals surface area contributed by atoms with Crippen LogP contribution in [0, 0.1) is 0 Å². The van der Waals surface area contributed by atoms with Crippen molar-refractivity contribution in [2.75, 3.05) is 47.5 Å². The van der Waals surface area contributed by atoms with Crippen molar-refractivity contribution in [3.05, 3.63) is 97.2 Å². The first kappa shape index (κ1) is 55.2. The molecule has 0 radical (unpaired) electrons. The number of ether oxygens (including phenoxy) is 4. The van der Waals surface area contributed by atoms with E-state index in [0.717, 1.165) is 103 Å². The van der Waals surface area contributed by atoms with E-state index in [1.807, 2.05) is 21.1 Å². The van der Waals surface area contributed by atoms with Gasteiger partial charge in [-0.2, -0.15) is 0 Å². The Kier molecular flexibility index (Phi) is 38.3. The van der Waals surface area contributed by atoms with Crippen molar-refractivity contribution in [2.24, 2.45) is 0 Å². The lowest BCUT2D eigenvalue weighted by atomic mass is 10.1. The molecular weight excluding hydrogens is 743 g/mol. The highest BCUT2D eigenvalue weighted by Gasteiger charge is 2.25. The summed E-state index contributed by atoms with van der Waals surface area (Å²) in [7, 11) is 5.92. The lowest BCUT2D eigenvalue weighted by Crippen LogP contribution is -2.40. The third-order valence-electron chi connectivity index (χ3n) is 8.84. The first-order valence-electron chi connectivity index (χ1n) is 22.4. The lowest BCUT2D eigenvalue weighted by molar-refractivity contribution is -0.870. The molecule has 0 aromatic heterocycles. The normalized spacial score (nSPS) is 13.8. The summed E-state index contributed by atoms with van der Waals surface area (Å²) in [6.07, 6.45) is 50.4.